The third kappa shape index (κ3) is 6.52. The molecule has 0 heterocycles. The van der Waals surface area contributed by atoms with Crippen molar-refractivity contribution in [1.29, 1.82) is 0 Å². The summed E-state index contributed by atoms with van der Waals surface area (Å²) in [5, 5.41) is 0. The van der Waals surface area contributed by atoms with Crippen LogP contribution in [0.3, 0.4) is 0 Å². The summed E-state index contributed by atoms with van der Waals surface area (Å²) in [7, 11) is 0. The summed E-state index contributed by atoms with van der Waals surface area (Å²) < 4.78 is 5.23. The van der Waals surface area contributed by atoms with Crippen molar-refractivity contribution < 1.29 is 9.53 Å². The van der Waals surface area contributed by atoms with E-state index < -0.39 is 6.09 Å². The van der Waals surface area contributed by atoms with Crippen molar-refractivity contribution in [1.82, 2.24) is 4.90 Å². The van der Waals surface area contributed by atoms with Crippen LogP contribution in [0.15, 0.2) is 12.7 Å². The van der Waals surface area contributed by atoms with Gasteiger partial charge in [-0.05, 0) is 6.42 Å². The predicted molar refractivity (Wildman–Crippen MR) is 69.4 cm³/mol. The van der Waals surface area contributed by atoms with E-state index in [1.807, 2.05) is 0 Å². The molecule has 0 aromatic heterocycles. The zero-order valence-corrected chi connectivity index (χ0v) is 10.7. The maximum absolute atomic E-state index is 11.5. The standard InChI is InChI=1S/C10H17NO2S2/c1-3-5-6-8-13-9(12)11(7-4-2)10(14)15/h4H,2-3,5-8H2,1H3,(H,14,15). The fourth-order valence-electron chi connectivity index (χ4n) is 0.949. The molecule has 0 N–H and O–H groups in total. The second-order valence-corrected chi connectivity index (χ2v) is 4.12. The topological polar surface area (TPSA) is 29.5 Å². The SMILES string of the molecule is C=CCN(C(=O)OCCCCC)C(=S)S. The monoisotopic (exact) mass is 247 g/mol. The van der Waals surface area contributed by atoms with Crippen molar-refractivity contribution in [3.05, 3.63) is 12.7 Å². The summed E-state index contributed by atoms with van der Waals surface area (Å²) in [6.45, 7) is 6.38. The van der Waals surface area contributed by atoms with Crippen LogP contribution in [0.1, 0.15) is 26.2 Å². The number of carbonyl (C=O) groups excluding carboxylic acids is 1. The fraction of sp³-hybridized carbons (Fsp3) is 0.600. The fourth-order valence-corrected chi connectivity index (χ4v) is 1.26. The summed E-state index contributed by atoms with van der Waals surface area (Å²) in [6.07, 6.45) is 4.16. The van der Waals surface area contributed by atoms with E-state index in [2.05, 4.69) is 26.1 Å². The van der Waals surface area contributed by atoms with Crippen LogP contribution < -0.4 is 0 Å². The average molecular weight is 247 g/mol. The summed E-state index contributed by atoms with van der Waals surface area (Å²) in [5.74, 6) is 0. The number of hydrogen-bond donors (Lipinski definition) is 1. The van der Waals surface area contributed by atoms with E-state index in [-0.39, 0.29) is 4.32 Å². The molecule has 0 spiro atoms. The highest BCUT2D eigenvalue weighted by atomic mass is 32.1. The average Bonchev–Trinajstić information content (AvgIpc) is 2.20. The van der Waals surface area contributed by atoms with Crippen molar-refractivity contribution in [3.8, 4) is 0 Å². The van der Waals surface area contributed by atoms with Crippen LogP contribution in [0.5, 0.6) is 0 Å². The summed E-state index contributed by atoms with van der Waals surface area (Å²) in [4.78, 5) is 12.7. The zero-order chi connectivity index (χ0) is 11.7. The number of ether oxygens (including phenoxy) is 1. The first-order chi connectivity index (χ1) is 7.13. The Morgan fingerprint density at radius 1 is 1.60 bits per heavy atom. The molecule has 0 aliphatic carbocycles. The molecule has 0 unspecified atom stereocenters. The lowest BCUT2D eigenvalue weighted by Crippen LogP contribution is -2.33. The molecule has 0 aromatic carbocycles. The molecule has 5 heteroatoms. The molecule has 0 aromatic rings. The highest BCUT2D eigenvalue weighted by Crippen LogP contribution is 2.02. The Hall–Kier alpha value is -0.550. The van der Waals surface area contributed by atoms with Gasteiger partial charge in [0.25, 0.3) is 0 Å². The van der Waals surface area contributed by atoms with Gasteiger partial charge in [-0.25, -0.2) is 4.79 Å². The van der Waals surface area contributed by atoms with Gasteiger partial charge in [-0.3, -0.25) is 4.90 Å². The summed E-state index contributed by atoms with van der Waals surface area (Å²) in [5.41, 5.74) is 0. The number of carbonyl (C=O) groups is 1. The molecule has 0 aliphatic heterocycles. The maximum Gasteiger partial charge on any atom is 0.415 e. The van der Waals surface area contributed by atoms with Crippen molar-refractivity contribution in [2.24, 2.45) is 0 Å². The number of hydrogen-bond acceptors (Lipinski definition) is 3. The smallest absolute Gasteiger partial charge is 0.415 e. The number of unbranched alkanes of at least 4 members (excludes halogenated alkanes) is 2. The van der Waals surface area contributed by atoms with Crippen molar-refractivity contribution in [2.45, 2.75) is 26.2 Å². The first-order valence-corrected chi connectivity index (χ1v) is 5.77. The van der Waals surface area contributed by atoms with E-state index in [9.17, 15) is 4.79 Å². The quantitative estimate of drug-likeness (QED) is 0.339. The number of amides is 1. The number of thiol groups is 1. The zero-order valence-electron chi connectivity index (χ0n) is 8.94. The van der Waals surface area contributed by atoms with Gasteiger partial charge in [0.2, 0.25) is 0 Å². The minimum Gasteiger partial charge on any atom is -0.449 e. The molecule has 0 aliphatic rings. The van der Waals surface area contributed by atoms with Gasteiger partial charge in [0.1, 0.15) is 4.32 Å². The second kappa shape index (κ2) is 8.73. The van der Waals surface area contributed by atoms with Crippen LogP contribution in [0.2, 0.25) is 0 Å². The van der Waals surface area contributed by atoms with Gasteiger partial charge in [0.15, 0.2) is 0 Å². The minimum atomic E-state index is -0.453. The van der Waals surface area contributed by atoms with E-state index >= 15 is 0 Å². The van der Waals surface area contributed by atoms with E-state index in [1.54, 1.807) is 6.08 Å². The number of rotatable bonds is 6. The molecule has 0 atom stereocenters. The molecule has 15 heavy (non-hydrogen) atoms. The van der Waals surface area contributed by atoms with Gasteiger partial charge in [-0.15, -0.1) is 19.2 Å². The first kappa shape index (κ1) is 14.5. The molecule has 0 saturated carbocycles. The Kier molecular flexibility index (Phi) is 8.41. The Balaban J connectivity index is 3.92. The van der Waals surface area contributed by atoms with Gasteiger partial charge in [-0.1, -0.05) is 38.1 Å². The van der Waals surface area contributed by atoms with Crippen molar-refractivity contribution in [3.63, 3.8) is 0 Å². The molecule has 86 valence electrons. The molecule has 0 saturated heterocycles. The summed E-state index contributed by atoms with van der Waals surface area (Å²) >= 11 is 8.74. The molecule has 1 amide bonds. The van der Waals surface area contributed by atoms with Crippen LogP contribution in [0.25, 0.3) is 0 Å². The van der Waals surface area contributed by atoms with Gasteiger partial charge < -0.3 is 4.74 Å². The first-order valence-electron chi connectivity index (χ1n) is 4.91. The molecule has 3 nitrogen and oxygen atoms in total. The lowest BCUT2D eigenvalue weighted by molar-refractivity contribution is 0.124. The minimum absolute atomic E-state index is 0.204. The normalized spacial score (nSPS) is 9.47. The Labute approximate surface area is 102 Å². The van der Waals surface area contributed by atoms with Gasteiger partial charge in [-0.2, -0.15) is 0 Å². The van der Waals surface area contributed by atoms with Crippen LogP contribution in [-0.2, 0) is 4.74 Å². The molecular formula is C10H17NO2S2. The molecule has 0 rings (SSSR count). The highest BCUT2D eigenvalue weighted by molar-refractivity contribution is 8.11. The molecular weight excluding hydrogens is 230 g/mol. The lowest BCUT2D eigenvalue weighted by atomic mass is 10.3. The van der Waals surface area contributed by atoms with Gasteiger partial charge in [0.05, 0.1) is 6.61 Å². The van der Waals surface area contributed by atoms with Crippen molar-refractivity contribution >= 4 is 35.3 Å². The number of nitrogens with zero attached hydrogens (tertiary/aromatic N) is 1. The van der Waals surface area contributed by atoms with Gasteiger partial charge >= 0.3 is 6.09 Å². The molecule has 0 bridgehead atoms. The summed E-state index contributed by atoms with van der Waals surface area (Å²) in [6, 6.07) is 0. The Morgan fingerprint density at radius 2 is 2.27 bits per heavy atom. The van der Waals surface area contributed by atoms with Crippen LogP contribution in [0.4, 0.5) is 4.79 Å². The van der Waals surface area contributed by atoms with E-state index in [4.69, 9.17) is 17.0 Å². The van der Waals surface area contributed by atoms with E-state index in [0.717, 1.165) is 19.3 Å². The Bertz CT molecular complexity index is 231. The Morgan fingerprint density at radius 3 is 2.73 bits per heavy atom. The lowest BCUT2D eigenvalue weighted by Gasteiger charge is -2.18. The predicted octanol–water partition coefficient (Wildman–Crippen LogP) is 3.02. The molecule has 0 radical (unpaired) electrons. The third-order valence-corrected chi connectivity index (χ3v) is 2.20. The van der Waals surface area contributed by atoms with Crippen LogP contribution in [-0.4, -0.2) is 28.5 Å². The highest BCUT2D eigenvalue weighted by Gasteiger charge is 2.15. The van der Waals surface area contributed by atoms with Gasteiger partial charge in [0, 0.05) is 6.54 Å². The largest absolute Gasteiger partial charge is 0.449 e. The third-order valence-electron chi connectivity index (χ3n) is 1.74. The van der Waals surface area contributed by atoms with E-state index in [1.165, 1.54) is 4.90 Å². The van der Waals surface area contributed by atoms with Crippen LogP contribution >= 0.6 is 24.8 Å². The second-order valence-electron chi connectivity index (χ2n) is 3.00. The molecule has 0 fully saturated rings. The number of thiocarbonyl (C=S) groups is 1. The van der Waals surface area contributed by atoms with Crippen molar-refractivity contribution in [2.75, 3.05) is 13.2 Å². The van der Waals surface area contributed by atoms with E-state index in [0.29, 0.717) is 13.2 Å². The van der Waals surface area contributed by atoms with Crippen LogP contribution in [0, 0.1) is 0 Å². The maximum atomic E-state index is 11.5.